The van der Waals surface area contributed by atoms with Crippen LogP contribution in [0.15, 0.2) is 24.3 Å². The first-order valence-electron chi connectivity index (χ1n) is 17.1. The largest absolute Gasteiger partial charge is 0.417 e. The van der Waals surface area contributed by atoms with Gasteiger partial charge in [0.05, 0.1) is 0 Å². The summed E-state index contributed by atoms with van der Waals surface area (Å²) in [6.07, 6.45) is 30.7. The summed E-state index contributed by atoms with van der Waals surface area (Å²) in [6, 6.07) is 8.47. The molecule has 0 radical (unpaired) electrons. The second-order valence-electron chi connectivity index (χ2n) is 13.6. The van der Waals surface area contributed by atoms with Crippen molar-refractivity contribution in [3.05, 3.63) is 33.4 Å². The molecule has 1 rings (SSSR count). The van der Waals surface area contributed by atoms with Crippen LogP contribution in [0.1, 0.15) is 168 Å². The molecule has 0 spiro atoms. The molecule has 0 atom stereocenters. The Morgan fingerprint density at radius 2 is 1.02 bits per heavy atom. The quantitative estimate of drug-likeness (QED) is 0.0457. The monoisotopic (exact) mass is 680 g/mol. The average molecular weight is 681 g/mol. The molecular weight excluding hydrogens is 615 g/mol. The summed E-state index contributed by atoms with van der Waals surface area (Å²) in [5.74, 6) is 6.64. The molecule has 1 aromatic carbocycles. The van der Waals surface area contributed by atoms with Gasteiger partial charge in [0, 0.05) is 22.2 Å². The molecule has 0 amide bonds. The molecular formula is C37H65IOSi. The average Bonchev–Trinajstić information content (AvgIpc) is 2.90. The lowest BCUT2D eigenvalue weighted by atomic mass is 10.0. The van der Waals surface area contributed by atoms with Gasteiger partial charge in [-0.05, 0) is 71.8 Å². The number of halogens is 1. The maximum atomic E-state index is 6.29. The van der Waals surface area contributed by atoms with Gasteiger partial charge in [-0.15, -0.1) is 0 Å². The van der Waals surface area contributed by atoms with E-state index in [1.54, 1.807) is 0 Å². The van der Waals surface area contributed by atoms with E-state index in [2.05, 4.69) is 92.6 Å². The van der Waals surface area contributed by atoms with Crippen LogP contribution in [0.4, 0.5) is 0 Å². The molecule has 0 unspecified atom stereocenters. The topological polar surface area (TPSA) is 9.23 Å². The zero-order chi connectivity index (χ0) is 29.4. The highest BCUT2D eigenvalue weighted by atomic mass is 127. The molecule has 1 aromatic rings. The molecule has 0 fully saturated rings. The van der Waals surface area contributed by atoms with E-state index >= 15 is 0 Å². The maximum Gasteiger partial charge on any atom is 0.191 e. The van der Waals surface area contributed by atoms with Gasteiger partial charge in [-0.3, -0.25) is 0 Å². The van der Waals surface area contributed by atoms with Crippen molar-refractivity contribution in [3.8, 4) is 11.8 Å². The van der Waals surface area contributed by atoms with Gasteiger partial charge >= 0.3 is 0 Å². The van der Waals surface area contributed by atoms with E-state index in [1.807, 2.05) is 0 Å². The van der Waals surface area contributed by atoms with Crippen molar-refractivity contribution in [1.29, 1.82) is 0 Å². The van der Waals surface area contributed by atoms with Crippen molar-refractivity contribution in [2.45, 2.75) is 180 Å². The van der Waals surface area contributed by atoms with Crippen molar-refractivity contribution in [3.63, 3.8) is 0 Å². The highest BCUT2D eigenvalue weighted by Crippen LogP contribution is 2.36. The van der Waals surface area contributed by atoms with Crippen molar-refractivity contribution in [2.75, 3.05) is 6.61 Å². The minimum atomic E-state index is -1.54. The summed E-state index contributed by atoms with van der Waals surface area (Å²) < 4.78 is 7.56. The zero-order valence-electron chi connectivity index (χ0n) is 27.4. The molecule has 0 aliphatic rings. The fourth-order valence-electron chi connectivity index (χ4n) is 4.95. The Labute approximate surface area is 266 Å². The van der Waals surface area contributed by atoms with Gasteiger partial charge in [-0.2, -0.15) is 0 Å². The third-order valence-electron chi connectivity index (χ3n) is 8.77. The number of hydrogen-bond donors (Lipinski definition) is 0. The molecule has 1 nitrogen and oxygen atoms in total. The van der Waals surface area contributed by atoms with Crippen LogP contribution in [0.3, 0.4) is 0 Å². The minimum absolute atomic E-state index is 0.340. The highest BCUT2D eigenvalue weighted by molar-refractivity contribution is 14.1. The first-order valence-corrected chi connectivity index (χ1v) is 21.1. The van der Waals surface area contributed by atoms with E-state index in [1.165, 1.54) is 138 Å². The van der Waals surface area contributed by atoms with Crippen molar-refractivity contribution < 1.29 is 4.43 Å². The van der Waals surface area contributed by atoms with E-state index < -0.39 is 8.32 Å². The van der Waals surface area contributed by atoms with Crippen LogP contribution in [0.5, 0.6) is 0 Å². The van der Waals surface area contributed by atoms with Crippen molar-refractivity contribution in [1.82, 2.24) is 0 Å². The Kier molecular flexibility index (Phi) is 22.8. The fraction of sp³-hybridized carbons (Fsp3) is 0.784. The first-order chi connectivity index (χ1) is 19.2. The van der Waals surface area contributed by atoms with Crippen LogP contribution >= 0.6 is 22.6 Å². The van der Waals surface area contributed by atoms with E-state index in [-0.39, 0.29) is 0 Å². The SMILES string of the molecule is CC(C)(C)[Si](C)(C)OCCCCCCCCCCCCCCCCCCCCCCCC#Cc1cccc(I)c1. The van der Waals surface area contributed by atoms with Gasteiger partial charge in [0.25, 0.3) is 0 Å². The third-order valence-corrected chi connectivity index (χ3v) is 14.0. The summed E-state index contributed by atoms with van der Waals surface area (Å²) in [5.41, 5.74) is 1.15. The number of benzene rings is 1. The third kappa shape index (κ3) is 21.4. The lowest BCUT2D eigenvalue weighted by molar-refractivity contribution is 0.277. The van der Waals surface area contributed by atoms with Gasteiger partial charge in [0.1, 0.15) is 0 Å². The Morgan fingerprint density at radius 1 is 0.625 bits per heavy atom. The standard InChI is InChI=1S/C37H65IOSi/c1-37(2,3)40(4,5)39-33-28-26-24-22-20-18-16-14-12-10-8-6-7-9-11-13-15-17-19-21-23-25-27-30-35-31-29-32-36(38)34-35/h29,31-32,34H,6-26,28,33H2,1-5H3. The molecule has 0 saturated heterocycles. The highest BCUT2D eigenvalue weighted by Gasteiger charge is 2.36. The van der Waals surface area contributed by atoms with Crippen LogP contribution < -0.4 is 0 Å². The number of rotatable bonds is 24. The minimum Gasteiger partial charge on any atom is -0.417 e. The molecule has 40 heavy (non-hydrogen) atoms. The van der Waals surface area contributed by atoms with Gasteiger partial charge in [-0.1, -0.05) is 161 Å². The van der Waals surface area contributed by atoms with E-state index in [0.29, 0.717) is 5.04 Å². The maximum absolute atomic E-state index is 6.29. The zero-order valence-corrected chi connectivity index (χ0v) is 30.5. The molecule has 230 valence electrons. The molecule has 0 aliphatic carbocycles. The summed E-state index contributed by atoms with van der Waals surface area (Å²) in [5, 5.41) is 0.340. The van der Waals surface area contributed by atoms with E-state index in [9.17, 15) is 0 Å². The van der Waals surface area contributed by atoms with Gasteiger partial charge in [-0.25, -0.2) is 0 Å². The molecule has 0 aliphatic heterocycles. The van der Waals surface area contributed by atoms with Gasteiger partial charge in [0.15, 0.2) is 8.32 Å². The molecule has 0 aromatic heterocycles. The first kappa shape index (κ1) is 37.7. The Bertz CT molecular complexity index is 785. The normalized spacial score (nSPS) is 11.9. The Morgan fingerprint density at radius 3 is 1.43 bits per heavy atom. The molecule has 0 N–H and O–H groups in total. The van der Waals surface area contributed by atoms with Crippen molar-refractivity contribution in [2.24, 2.45) is 0 Å². The van der Waals surface area contributed by atoms with Crippen LogP contribution in [0.2, 0.25) is 18.1 Å². The lowest BCUT2D eigenvalue weighted by Gasteiger charge is -2.36. The second kappa shape index (κ2) is 24.2. The summed E-state index contributed by atoms with van der Waals surface area (Å²) in [6.45, 7) is 12.7. The van der Waals surface area contributed by atoms with Crippen LogP contribution in [-0.4, -0.2) is 14.9 Å². The Hall–Kier alpha value is -0.313. The second-order valence-corrected chi connectivity index (χ2v) is 19.7. The predicted octanol–water partition coefficient (Wildman–Crippen LogP) is 13.2. The van der Waals surface area contributed by atoms with Crippen LogP contribution in [0, 0.1) is 15.4 Å². The van der Waals surface area contributed by atoms with Crippen LogP contribution in [0.25, 0.3) is 0 Å². The van der Waals surface area contributed by atoms with Crippen LogP contribution in [-0.2, 0) is 4.43 Å². The molecule has 0 heterocycles. The summed E-state index contributed by atoms with van der Waals surface area (Å²) in [7, 11) is -1.54. The van der Waals surface area contributed by atoms with Crippen molar-refractivity contribution >= 4 is 30.9 Å². The number of hydrogen-bond acceptors (Lipinski definition) is 1. The Balaban J connectivity index is 1.72. The summed E-state index contributed by atoms with van der Waals surface area (Å²) in [4.78, 5) is 0. The molecule has 0 bridgehead atoms. The van der Waals surface area contributed by atoms with Gasteiger partial charge in [0.2, 0.25) is 0 Å². The van der Waals surface area contributed by atoms with Gasteiger partial charge < -0.3 is 4.43 Å². The fourth-order valence-corrected chi connectivity index (χ4v) is 6.58. The van der Waals surface area contributed by atoms with E-state index in [0.717, 1.165) is 18.6 Å². The lowest BCUT2D eigenvalue weighted by Crippen LogP contribution is -2.40. The van der Waals surface area contributed by atoms with E-state index in [4.69, 9.17) is 4.43 Å². The predicted molar refractivity (Wildman–Crippen MR) is 191 cm³/mol. The molecule has 3 heteroatoms. The molecule has 0 saturated carbocycles. The summed E-state index contributed by atoms with van der Waals surface area (Å²) >= 11 is 2.35. The smallest absolute Gasteiger partial charge is 0.191 e. The number of unbranched alkanes of at least 4 members (excludes halogenated alkanes) is 21.